The van der Waals surface area contributed by atoms with E-state index in [0.29, 0.717) is 37.6 Å². The van der Waals surface area contributed by atoms with E-state index in [1.54, 1.807) is 6.07 Å². The van der Waals surface area contributed by atoms with Crippen molar-refractivity contribution in [3.63, 3.8) is 0 Å². The van der Waals surface area contributed by atoms with Gasteiger partial charge >= 0.3 is 0 Å². The van der Waals surface area contributed by atoms with Crippen LogP contribution < -0.4 is 10.2 Å². The molecule has 1 atom stereocenters. The van der Waals surface area contributed by atoms with E-state index >= 15 is 0 Å². The third-order valence-corrected chi connectivity index (χ3v) is 4.70. The van der Waals surface area contributed by atoms with E-state index in [1.165, 1.54) is 23.7 Å². The molecule has 0 bridgehead atoms. The molecule has 1 aliphatic rings. The summed E-state index contributed by atoms with van der Waals surface area (Å²) in [6.45, 7) is 1.02. The van der Waals surface area contributed by atoms with Crippen LogP contribution in [0.5, 0.6) is 0 Å². The fourth-order valence-corrected chi connectivity index (χ4v) is 3.22. The highest BCUT2D eigenvalue weighted by molar-refractivity contribution is 5.93. The second-order valence-corrected chi connectivity index (χ2v) is 6.57. The number of halogens is 3. The first-order valence-electron chi connectivity index (χ1n) is 8.89. The van der Waals surface area contributed by atoms with Crippen molar-refractivity contribution in [2.45, 2.75) is 12.8 Å². The van der Waals surface area contributed by atoms with Gasteiger partial charge in [-0.25, -0.2) is 32.8 Å². The molecule has 1 aliphatic heterocycles. The zero-order valence-electron chi connectivity index (χ0n) is 15.1. The van der Waals surface area contributed by atoms with Gasteiger partial charge in [-0.15, -0.1) is 0 Å². The molecule has 0 spiro atoms. The quantitative estimate of drug-likeness (QED) is 0.673. The van der Waals surface area contributed by atoms with E-state index in [0.717, 1.165) is 12.1 Å². The summed E-state index contributed by atoms with van der Waals surface area (Å²) in [4.78, 5) is 26.8. The SMILES string of the molecule is O=C(Nc1ccc(F)c(F)c1F)C1CCCN(c2cc(-n3cncn3)ncn2)C1. The summed E-state index contributed by atoms with van der Waals surface area (Å²) in [6.07, 6.45) is 5.58. The number of hydrogen-bond donors (Lipinski definition) is 1. The number of nitrogens with one attached hydrogen (secondary N) is 1. The number of piperidine rings is 1. The average Bonchev–Trinajstić information content (AvgIpc) is 3.29. The van der Waals surface area contributed by atoms with Gasteiger partial charge in [-0.1, -0.05) is 0 Å². The molecule has 1 fully saturated rings. The maximum Gasteiger partial charge on any atom is 0.229 e. The molecule has 3 aromatic rings. The van der Waals surface area contributed by atoms with E-state index in [1.807, 2.05) is 4.90 Å². The molecule has 1 aromatic carbocycles. The van der Waals surface area contributed by atoms with Crippen LogP contribution in [0.1, 0.15) is 12.8 Å². The number of carbonyl (C=O) groups is 1. The lowest BCUT2D eigenvalue weighted by atomic mass is 9.97. The number of hydrogen-bond acceptors (Lipinski definition) is 6. The van der Waals surface area contributed by atoms with E-state index < -0.39 is 29.3 Å². The number of carbonyl (C=O) groups excluding carboxylic acids is 1. The fraction of sp³-hybridized carbons (Fsp3) is 0.278. The zero-order valence-corrected chi connectivity index (χ0v) is 15.1. The first-order valence-corrected chi connectivity index (χ1v) is 8.89. The van der Waals surface area contributed by atoms with Crippen LogP contribution in [0.25, 0.3) is 5.82 Å². The standard InChI is InChI=1S/C18H16F3N7O/c19-12-3-4-13(17(21)16(12)20)26-18(29)11-2-1-5-27(7-11)14-6-15(24-9-23-14)28-10-22-8-25-28/h3-4,6,8-11H,1-2,5,7H2,(H,26,29). The molecule has 0 aliphatic carbocycles. The Kier molecular flexibility index (Phi) is 5.10. The summed E-state index contributed by atoms with van der Waals surface area (Å²) in [5, 5.41) is 6.38. The molecule has 0 radical (unpaired) electrons. The summed E-state index contributed by atoms with van der Waals surface area (Å²) in [5.41, 5.74) is -0.387. The minimum atomic E-state index is -1.62. The summed E-state index contributed by atoms with van der Waals surface area (Å²) in [5.74, 6) is -4.14. The molecule has 1 saturated heterocycles. The second-order valence-electron chi connectivity index (χ2n) is 6.57. The molecule has 8 nitrogen and oxygen atoms in total. The predicted molar refractivity (Wildman–Crippen MR) is 96.8 cm³/mol. The van der Waals surface area contributed by atoms with E-state index in [2.05, 4.69) is 25.4 Å². The summed E-state index contributed by atoms with van der Waals surface area (Å²) in [6, 6.07) is 3.50. The minimum absolute atomic E-state index is 0.338. The van der Waals surface area contributed by atoms with E-state index in [4.69, 9.17) is 0 Å². The molecule has 1 N–H and O–H groups in total. The Hall–Kier alpha value is -3.50. The second kappa shape index (κ2) is 7.86. The highest BCUT2D eigenvalue weighted by Crippen LogP contribution is 2.25. The van der Waals surface area contributed by atoms with Crippen LogP contribution in [0, 0.1) is 23.4 Å². The number of benzene rings is 1. The van der Waals surface area contributed by atoms with Crippen LogP contribution >= 0.6 is 0 Å². The summed E-state index contributed by atoms with van der Waals surface area (Å²) >= 11 is 0. The van der Waals surface area contributed by atoms with Crippen molar-refractivity contribution in [3.05, 3.63) is 54.6 Å². The van der Waals surface area contributed by atoms with Gasteiger partial charge < -0.3 is 10.2 Å². The van der Waals surface area contributed by atoms with Crippen LogP contribution in [-0.4, -0.2) is 43.7 Å². The third-order valence-electron chi connectivity index (χ3n) is 4.70. The lowest BCUT2D eigenvalue weighted by molar-refractivity contribution is -0.120. The summed E-state index contributed by atoms with van der Waals surface area (Å²) < 4.78 is 41.8. The van der Waals surface area contributed by atoms with Crippen molar-refractivity contribution in [1.29, 1.82) is 0 Å². The minimum Gasteiger partial charge on any atom is -0.356 e. The van der Waals surface area contributed by atoms with Gasteiger partial charge in [0.05, 0.1) is 11.6 Å². The molecular formula is C18H16F3N7O. The van der Waals surface area contributed by atoms with Crippen LogP contribution in [-0.2, 0) is 4.79 Å². The molecule has 1 unspecified atom stereocenters. The van der Waals surface area contributed by atoms with Crippen LogP contribution in [0.2, 0.25) is 0 Å². The van der Waals surface area contributed by atoms with Gasteiger partial charge in [0.1, 0.15) is 24.8 Å². The van der Waals surface area contributed by atoms with Crippen LogP contribution in [0.4, 0.5) is 24.7 Å². The molecule has 11 heteroatoms. The Labute approximate surface area is 163 Å². The van der Waals surface area contributed by atoms with Gasteiger partial charge in [0, 0.05) is 19.2 Å². The predicted octanol–water partition coefficient (Wildman–Crippen LogP) is 2.33. The van der Waals surface area contributed by atoms with Crippen molar-refractivity contribution in [1.82, 2.24) is 24.7 Å². The molecule has 150 valence electrons. The number of amides is 1. The van der Waals surface area contributed by atoms with Gasteiger partial charge in [0.15, 0.2) is 23.3 Å². The largest absolute Gasteiger partial charge is 0.356 e. The van der Waals surface area contributed by atoms with Crippen LogP contribution in [0.3, 0.4) is 0 Å². The Morgan fingerprint density at radius 1 is 1.10 bits per heavy atom. The van der Waals surface area contributed by atoms with Crippen molar-refractivity contribution in [2.75, 3.05) is 23.3 Å². The normalized spacial score (nSPS) is 16.7. The molecule has 29 heavy (non-hydrogen) atoms. The Morgan fingerprint density at radius 2 is 1.93 bits per heavy atom. The zero-order chi connectivity index (χ0) is 20.4. The number of nitrogens with zero attached hydrogens (tertiary/aromatic N) is 6. The molecule has 4 rings (SSSR count). The fourth-order valence-electron chi connectivity index (χ4n) is 3.22. The number of anilines is 2. The smallest absolute Gasteiger partial charge is 0.229 e. The summed E-state index contributed by atoms with van der Waals surface area (Å²) in [7, 11) is 0. The van der Waals surface area contributed by atoms with Gasteiger partial charge in [-0.2, -0.15) is 5.10 Å². The average molecular weight is 403 g/mol. The van der Waals surface area contributed by atoms with Gasteiger partial charge in [0.25, 0.3) is 0 Å². The first kappa shape index (κ1) is 18.8. The Bertz CT molecular complexity index is 1030. The number of aromatic nitrogens is 5. The van der Waals surface area contributed by atoms with Crippen molar-refractivity contribution in [3.8, 4) is 5.82 Å². The van der Waals surface area contributed by atoms with Gasteiger partial charge in [0.2, 0.25) is 5.91 Å². The first-order chi connectivity index (χ1) is 14.0. The van der Waals surface area contributed by atoms with Crippen molar-refractivity contribution in [2.24, 2.45) is 5.92 Å². The Morgan fingerprint density at radius 3 is 2.72 bits per heavy atom. The van der Waals surface area contributed by atoms with Gasteiger partial charge in [-0.3, -0.25) is 4.79 Å². The van der Waals surface area contributed by atoms with Crippen molar-refractivity contribution >= 4 is 17.4 Å². The van der Waals surface area contributed by atoms with E-state index in [-0.39, 0.29) is 5.69 Å². The molecular weight excluding hydrogens is 387 g/mol. The van der Waals surface area contributed by atoms with Crippen LogP contribution in [0.15, 0.2) is 37.2 Å². The molecule has 1 amide bonds. The topological polar surface area (TPSA) is 88.8 Å². The number of rotatable bonds is 4. The molecule has 2 aromatic heterocycles. The third kappa shape index (κ3) is 3.89. The van der Waals surface area contributed by atoms with Crippen molar-refractivity contribution < 1.29 is 18.0 Å². The maximum absolute atomic E-state index is 13.8. The maximum atomic E-state index is 13.8. The molecule has 3 heterocycles. The lowest BCUT2D eigenvalue weighted by Crippen LogP contribution is -2.41. The van der Waals surface area contributed by atoms with E-state index in [9.17, 15) is 18.0 Å². The van der Waals surface area contributed by atoms with Gasteiger partial charge in [-0.05, 0) is 25.0 Å². The lowest BCUT2D eigenvalue weighted by Gasteiger charge is -2.32. The Balaban J connectivity index is 1.48. The monoisotopic (exact) mass is 403 g/mol. The highest BCUT2D eigenvalue weighted by atomic mass is 19.2. The molecule has 0 saturated carbocycles. The highest BCUT2D eigenvalue weighted by Gasteiger charge is 2.28.